The number of hydrogen-bond donors (Lipinski definition) is 1. The molecule has 3 aromatic carbocycles. The summed E-state index contributed by atoms with van der Waals surface area (Å²) in [6, 6.07) is 19.8. The molecule has 0 spiro atoms. The molecule has 7 heteroatoms. The molecule has 0 saturated carbocycles. The fraction of sp³-hybridized carbons (Fsp3) is 0.281. The van der Waals surface area contributed by atoms with E-state index in [0.717, 1.165) is 5.56 Å². The summed E-state index contributed by atoms with van der Waals surface area (Å²) in [5, 5.41) is 11.4. The Hall–Kier alpha value is -4.39. The van der Waals surface area contributed by atoms with Gasteiger partial charge in [0.25, 0.3) is 11.7 Å². The second-order valence-corrected chi connectivity index (χ2v) is 10.8. The monoisotopic (exact) mass is 527 g/mol. The van der Waals surface area contributed by atoms with Crippen LogP contribution in [0.25, 0.3) is 5.76 Å². The van der Waals surface area contributed by atoms with Gasteiger partial charge in [0.1, 0.15) is 11.5 Å². The third-order valence-electron chi connectivity index (χ3n) is 6.58. The number of methoxy groups -OCH3 is 1. The average Bonchev–Trinajstić information content (AvgIpc) is 3.17. The van der Waals surface area contributed by atoms with Crippen LogP contribution >= 0.6 is 0 Å². The maximum atomic E-state index is 13.5. The van der Waals surface area contributed by atoms with Gasteiger partial charge in [-0.1, -0.05) is 51.1 Å². The lowest BCUT2D eigenvalue weighted by atomic mass is 9.85. The number of carbonyl (C=O) groups is 3. The van der Waals surface area contributed by atoms with E-state index in [1.165, 1.54) is 18.1 Å². The Morgan fingerprint density at radius 1 is 0.923 bits per heavy atom. The Balaban J connectivity index is 1.88. The summed E-state index contributed by atoms with van der Waals surface area (Å²) < 4.78 is 10.5. The molecule has 1 atom stereocenters. The number of carbonyl (C=O) groups excluding carboxylic acids is 3. The van der Waals surface area contributed by atoms with Gasteiger partial charge in [-0.2, -0.15) is 0 Å². The Morgan fingerprint density at radius 3 is 2.13 bits per heavy atom. The molecule has 7 nitrogen and oxygen atoms in total. The van der Waals surface area contributed by atoms with Crippen LogP contribution in [0.15, 0.2) is 78.4 Å². The molecule has 0 aromatic heterocycles. The minimum Gasteiger partial charge on any atom is -0.507 e. The fourth-order valence-corrected chi connectivity index (χ4v) is 4.60. The number of anilines is 1. The zero-order valence-electron chi connectivity index (χ0n) is 23.0. The first kappa shape index (κ1) is 27.6. The summed E-state index contributed by atoms with van der Waals surface area (Å²) in [6.45, 7) is 10.1. The van der Waals surface area contributed by atoms with Crippen LogP contribution in [0.3, 0.4) is 0 Å². The topological polar surface area (TPSA) is 93.1 Å². The zero-order valence-corrected chi connectivity index (χ0v) is 23.0. The number of rotatable bonds is 6. The summed E-state index contributed by atoms with van der Waals surface area (Å²) in [5.74, 6) is -1.85. The third kappa shape index (κ3) is 5.58. The third-order valence-corrected chi connectivity index (χ3v) is 6.58. The molecule has 202 valence electrons. The minimum atomic E-state index is -0.918. The van der Waals surface area contributed by atoms with Crippen LogP contribution in [0.5, 0.6) is 5.75 Å². The van der Waals surface area contributed by atoms with Gasteiger partial charge in [0.05, 0.1) is 30.4 Å². The Labute approximate surface area is 228 Å². The molecule has 4 rings (SSSR count). The number of nitrogens with zero attached hydrogens (tertiary/aromatic N) is 1. The molecule has 0 bridgehead atoms. The first-order chi connectivity index (χ1) is 18.4. The van der Waals surface area contributed by atoms with Crippen molar-refractivity contribution in [3.8, 4) is 5.75 Å². The van der Waals surface area contributed by atoms with Crippen molar-refractivity contribution in [2.45, 2.75) is 52.2 Å². The van der Waals surface area contributed by atoms with Crippen molar-refractivity contribution in [2.75, 3.05) is 12.0 Å². The molecule has 1 fully saturated rings. The average molecular weight is 528 g/mol. The molecule has 0 aliphatic carbocycles. The van der Waals surface area contributed by atoms with E-state index in [4.69, 9.17) is 9.47 Å². The van der Waals surface area contributed by atoms with Crippen molar-refractivity contribution in [1.29, 1.82) is 0 Å². The van der Waals surface area contributed by atoms with E-state index in [1.54, 1.807) is 42.5 Å². The van der Waals surface area contributed by atoms with Gasteiger partial charge in [-0.15, -0.1) is 0 Å². The molecular formula is C32H33NO6. The summed E-state index contributed by atoms with van der Waals surface area (Å²) in [4.78, 5) is 40.5. The number of ketones is 1. The van der Waals surface area contributed by atoms with E-state index in [-0.39, 0.29) is 28.4 Å². The van der Waals surface area contributed by atoms with Gasteiger partial charge in [-0.25, -0.2) is 4.79 Å². The van der Waals surface area contributed by atoms with Gasteiger partial charge in [0, 0.05) is 11.3 Å². The van der Waals surface area contributed by atoms with E-state index in [0.29, 0.717) is 22.6 Å². The van der Waals surface area contributed by atoms with Crippen molar-refractivity contribution in [2.24, 2.45) is 0 Å². The zero-order chi connectivity index (χ0) is 28.5. The first-order valence-electron chi connectivity index (χ1n) is 12.8. The minimum absolute atomic E-state index is 0.0217. The second-order valence-electron chi connectivity index (χ2n) is 10.8. The highest BCUT2D eigenvalue weighted by Gasteiger charge is 2.47. The summed E-state index contributed by atoms with van der Waals surface area (Å²) in [7, 11) is 1.27. The standard InChI is InChI=1S/C32H33NO6/c1-19(2)39-25-16-12-21(13-17-25)28(34)26-27(20-10-14-23(15-11-20)32(3,4)5)33(30(36)29(26)35)24-9-7-8-22(18-24)31(37)38-6/h7-19,27,34H,1-6H3/b28-26+. The maximum Gasteiger partial charge on any atom is 0.337 e. The number of aliphatic hydroxyl groups is 1. The lowest BCUT2D eigenvalue weighted by Crippen LogP contribution is -2.29. The van der Waals surface area contributed by atoms with Gasteiger partial charge in [-0.3, -0.25) is 14.5 Å². The number of Topliss-reactive ketones (excluding diaryl/α,β-unsaturated/α-hetero) is 1. The van der Waals surface area contributed by atoms with E-state index in [1.807, 2.05) is 38.1 Å². The smallest absolute Gasteiger partial charge is 0.337 e. The summed E-state index contributed by atoms with van der Waals surface area (Å²) in [6.07, 6.45) is -0.0217. The lowest BCUT2D eigenvalue weighted by molar-refractivity contribution is -0.132. The number of hydrogen-bond acceptors (Lipinski definition) is 6. The van der Waals surface area contributed by atoms with E-state index in [2.05, 4.69) is 20.8 Å². The van der Waals surface area contributed by atoms with Crippen molar-refractivity contribution in [1.82, 2.24) is 0 Å². The number of benzene rings is 3. The number of aliphatic hydroxyl groups excluding tert-OH is 1. The molecule has 1 N–H and O–H groups in total. The largest absolute Gasteiger partial charge is 0.507 e. The van der Waals surface area contributed by atoms with E-state index >= 15 is 0 Å². The lowest BCUT2D eigenvalue weighted by Gasteiger charge is -2.27. The van der Waals surface area contributed by atoms with Crippen LogP contribution in [0, 0.1) is 0 Å². The normalized spacial score (nSPS) is 17.0. The molecule has 1 heterocycles. The summed E-state index contributed by atoms with van der Waals surface area (Å²) >= 11 is 0. The van der Waals surface area contributed by atoms with Gasteiger partial charge in [-0.05, 0) is 72.9 Å². The van der Waals surface area contributed by atoms with Crippen molar-refractivity contribution in [3.63, 3.8) is 0 Å². The molecule has 0 radical (unpaired) electrons. The molecule has 39 heavy (non-hydrogen) atoms. The van der Waals surface area contributed by atoms with Crippen molar-refractivity contribution < 1.29 is 29.0 Å². The van der Waals surface area contributed by atoms with Crippen LogP contribution in [-0.4, -0.2) is 36.0 Å². The predicted molar refractivity (Wildman–Crippen MR) is 150 cm³/mol. The Kier molecular flexibility index (Phi) is 7.63. The van der Waals surface area contributed by atoms with Crippen LogP contribution in [0.1, 0.15) is 67.7 Å². The Morgan fingerprint density at radius 2 is 1.56 bits per heavy atom. The first-order valence-corrected chi connectivity index (χ1v) is 12.8. The molecule has 1 unspecified atom stereocenters. The highest BCUT2D eigenvalue weighted by Crippen LogP contribution is 2.43. The van der Waals surface area contributed by atoms with Gasteiger partial charge in [0.2, 0.25) is 0 Å². The number of esters is 1. The molecule has 1 aliphatic rings. The van der Waals surface area contributed by atoms with Gasteiger partial charge >= 0.3 is 5.97 Å². The SMILES string of the molecule is COC(=O)c1cccc(N2C(=O)C(=O)/C(=C(/O)c3ccc(OC(C)C)cc3)C2c2ccc(C(C)(C)C)cc2)c1. The van der Waals surface area contributed by atoms with Crippen molar-refractivity contribution >= 4 is 29.1 Å². The predicted octanol–water partition coefficient (Wildman–Crippen LogP) is 6.18. The Bertz CT molecular complexity index is 1430. The number of amides is 1. The quantitative estimate of drug-likeness (QED) is 0.178. The van der Waals surface area contributed by atoms with Gasteiger partial charge in [0.15, 0.2) is 0 Å². The number of ether oxygens (including phenoxy) is 2. The van der Waals surface area contributed by atoms with Gasteiger partial charge < -0.3 is 14.6 Å². The molecule has 1 amide bonds. The molecule has 3 aromatic rings. The van der Waals surface area contributed by atoms with Crippen molar-refractivity contribution in [3.05, 3.63) is 101 Å². The molecule has 1 saturated heterocycles. The van der Waals surface area contributed by atoms with Crippen LogP contribution < -0.4 is 9.64 Å². The van der Waals surface area contributed by atoms with E-state index < -0.39 is 23.7 Å². The van der Waals surface area contributed by atoms with Crippen LogP contribution in [0.2, 0.25) is 0 Å². The van der Waals surface area contributed by atoms with Crippen LogP contribution in [-0.2, 0) is 19.7 Å². The van der Waals surface area contributed by atoms with E-state index in [9.17, 15) is 19.5 Å². The fourth-order valence-electron chi connectivity index (χ4n) is 4.60. The maximum absolute atomic E-state index is 13.5. The molecule has 1 aliphatic heterocycles. The highest BCUT2D eigenvalue weighted by atomic mass is 16.5. The molecular weight excluding hydrogens is 494 g/mol. The highest BCUT2D eigenvalue weighted by molar-refractivity contribution is 6.51. The summed E-state index contributed by atoms with van der Waals surface area (Å²) in [5.41, 5.74) is 2.54. The van der Waals surface area contributed by atoms with Crippen LogP contribution in [0.4, 0.5) is 5.69 Å². The second kappa shape index (κ2) is 10.8.